The monoisotopic (exact) mass is 563 g/mol. The summed E-state index contributed by atoms with van der Waals surface area (Å²) in [6.45, 7) is 0. The number of aromatic nitrogens is 3. The largest absolute Gasteiger partial charge is 0.456 e. The number of nitrogens with zero attached hydrogens (tertiary/aromatic N) is 3. The van der Waals surface area contributed by atoms with Crippen LogP contribution in [0.5, 0.6) is 0 Å². The van der Waals surface area contributed by atoms with Crippen molar-refractivity contribution in [1.29, 1.82) is 0 Å². The minimum atomic E-state index is 0.614. The zero-order chi connectivity index (χ0) is 28.8. The standard InChI is InChI=1S/C39H21N3O2/c1-3-9-22(10-4-1)37-40-38(23-11-5-2-6-12-23)42-39(41-37)24-17-19-29-28(21-24)36-32(43-29)20-18-26-25-13-7-15-30-34(25)35-27(33(26)36)14-8-16-31(35)44-30/h1-21H. The van der Waals surface area contributed by atoms with Crippen LogP contribution in [0.4, 0.5) is 0 Å². The second-order valence-corrected chi connectivity index (χ2v) is 11.2. The first kappa shape index (κ1) is 23.5. The van der Waals surface area contributed by atoms with Crippen LogP contribution in [0.2, 0.25) is 0 Å². The maximum absolute atomic E-state index is 6.46. The van der Waals surface area contributed by atoms with Gasteiger partial charge in [0.25, 0.3) is 0 Å². The molecular weight excluding hydrogens is 542 g/mol. The van der Waals surface area contributed by atoms with Crippen molar-refractivity contribution in [3.05, 3.63) is 127 Å². The third-order valence-corrected chi connectivity index (χ3v) is 8.68. The lowest BCUT2D eigenvalue weighted by Gasteiger charge is -2.10. The third-order valence-electron chi connectivity index (χ3n) is 8.68. The van der Waals surface area contributed by atoms with E-state index < -0.39 is 0 Å². The van der Waals surface area contributed by atoms with Crippen molar-refractivity contribution >= 4 is 65.4 Å². The fourth-order valence-electron chi connectivity index (χ4n) is 6.75. The summed E-state index contributed by atoms with van der Waals surface area (Å²) in [7, 11) is 0. The van der Waals surface area contributed by atoms with E-state index in [1.807, 2.05) is 78.9 Å². The quantitative estimate of drug-likeness (QED) is 0.200. The van der Waals surface area contributed by atoms with E-state index in [1.54, 1.807) is 0 Å². The van der Waals surface area contributed by atoms with Crippen LogP contribution in [0.25, 0.3) is 99.6 Å². The molecule has 0 aliphatic heterocycles. The number of hydrogen-bond acceptors (Lipinski definition) is 5. The van der Waals surface area contributed by atoms with E-state index in [-0.39, 0.29) is 0 Å². The Labute approximate surface area is 250 Å². The summed E-state index contributed by atoms with van der Waals surface area (Å²) in [4.78, 5) is 14.8. The highest BCUT2D eigenvalue weighted by atomic mass is 16.3. The fourth-order valence-corrected chi connectivity index (χ4v) is 6.75. The van der Waals surface area contributed by atoms with Crippen LogP contribution in [-0.4, -0.2) is 15.0 Å². The molecule has 0 spiro atoms. The Bertz CT molecular complexity index is 2650. The predicted molar refractivity (Wildman–Crippen MR) is 177 cm³/mol. The molecule has 44 heavy (non-hydrogen) atoms. The van der Waals surface area contributed by atoms with Crippen molar-refractivity contribution in [3.8, 4) is 34.2 Å². The summed E-state index contributed by atoms with van der Waals surface area (Å²) in [6.07, 6.45) is 0. The highest BCUT2D eigenvalue weighted by Gasteiger charge is 2.21. The molecule has 0 bridgehead atoms. The molecule has 0 aliphatic carbocycles. The van der Waals surface area contributed by atoms with Crippen LogP contribution < -0.4 is 0 Å². The number of benzene rings is 7. The van der Waals surface area contributed by atoms with E-state index in [1.165, 1.54) is 16.2 Å². The molecule has 10 rings (SSSR count). The number of hydrogen-bond donors (Lipinski definition) is 0. The summed E-state index contributed by atoms with van der Waals surface area (Å²) in [6, 6.07) is 43.2. The molecule has 0 aliphatic rings. The molecule has 0 amide bonds. The Morgan fingerprint density at radius 3 is 1.50 bits per heavy atom. The van der Waals surface area contributed by atoms with Gasteiger partial charge in [-0.15, -0.1) is 0 Å². The lowest BCUT2D eigenvalue weighted by molar-refractivity contribution is 0.669. The average molecular weight is 564 g/mol. The number of fused-ring (bicyclic) bond motifs is 7. The van der Waals surface area contributed by atoms with Crippen LogP contribution in [-0.2, 0) is 0 Å². The van der Waals surface area contributed by atoms with Gasteiger partial charge in [-0.1, -0.05) is 84.9 Å². The highest BCUT2D eigenvalue weighted by Crippen LogP contribution is 2.46. The molecule has 10 aromatic rings. The zero-order valence-electron chi connectivity index (χ0n) is 23.3. The van der Waals surface area contributed by atoms with Gasteiger partial charge in [-0.05, 0) is 58.6 Å². The topological polar surface area (TPSA) is 65.0 Å². The van der Waals surface area contributed by atoms with Crippen molar-refractivity contribution in [2.45, 2.75) is 0 Å². The van der Waals surface area contributed by atoms with Crippen molar-refractivity contribution in [2.24, 2.45) is 0 Å². The summed E-state index contributed by atoms with van der Waals surface area (Å²) >= 11 is 0. The molecule has 0 unspecified atom stereocenters. The van der Waals surface area contributed by atoms with Gasteiger partial charge in [0.1, 0.15) is 22.3 Å². The Kier molecular flexibility index (Phi) is 4.66. The summed E-state index contributed by atoms with van der Waals surface area (Å²) in [5.74, 6) is 1.88. The van der Waals surface area contributed by atoms with Crippen LogP contribution in [0, 0.1) is 0 Å². The SMILES string of the molecule is c1ccc(-c2nc(-c3ccccc3)nc(-c3ccc4oc5ccc6c7cccc8oc9cccc(c9c87)c6c5c4c3)n2)cc1. The van der Waals surface area contributed by atoms with E-state index in [4.69, 9.17) is 23.8 Å². The van der Waals surface area contributed by atoms with Crippen LogP contribution in [0.15, 0.2) is 136 Å². The van der Waals surface area contributed by atoms with Gasteiger partial charge >= 0.3 is 0 Å². The maximum atomic E-state index is 6.46. The number of rotatable bonds is 3. The van der Waals surface area contributed by atoms with E-state index >= 15 is 0 Å². The zero-order valence-corrected chi connectivity index (χ0v) is 23.3. The van der Waals surface area contributed by atoms with Crippen LogP contribution >= 0.6 is 0 Å². The minimum Gasteiger partial charge on any atom is -0.456 e. The summed E-state index contributed by atoms with van der Waals surface area (Å²) in [5, 5.41) is 9.11. The Balaban J connectivity index is 1.29. The van der Waals surface area contributed by atoms with E-state index in [2.05, 4.69) is 48.5 Å². The highest BCUT2D eigenvalue weighted by molar-refractivity contribution is 6.38. The molecule has 0 N–H and O–H groups in total. The lowest BCUT2D eigenvalue weighted by atomic mass is 9.92. The Morgan fingerprint density at radius 1 is 0.318 bits per heavy atom. The molecule has 0 saturated carbocycles. The van der Waals surface area contributed by atoms with Gasteiger partial charge in [0.2, 0.25) is 0 Å². The van der Waals surface area contributed by atoms with Gasteiger partial charge in [0.05, 0.1) is 0 Å². The maximum Gasteiger partial charge on any atom is 0.164 e. The van der Waals surface area contributed by atoms with E-state index in [0.717, 1.165) is 66.0 Å². The van der Waals surface area contributed by atoms with Gasteiger partial charge in [0.15, 0.2) is 17.5 Å². The first-order valence-corrected chi connectivity index (χ1v) is 14.6. The average Bonchev–Trinajstić information content (AvgIpc) is 3.67. The Morgan fingerprint density at radius 2 is 0.818 bits per heavy atom. The van der Waals surface area contributed by atoms with Crippen molar-refractivity contribution < 1.29 is 8.83 Å². The first-order valence-electron chi connectivity index (χ1n) is 14.6. The summed E-state index contributed by atoms with van der Waals surface area (Å²) < 4.78 is 12.8. The van der Waals surface area contributed by atoms with Crippen molar-refractivity contribution in [3.63, 3.8) is 0 Å². The van der Waals surface area contributed by atoms with Gasteiger partial charge in [0, 0.05) is 43.6 Å². The van der Waals surface area contributed by atoms with Gasteiger partial charge in [-0.25, -0.2) is 15.0 Å². The van der Waals surface area contributed by atoms with Crippen molar-refractivity contribution in [1.82, 2.24) is 15.0 Å². The molecule has 3 heterocycles. The molecule has 3 aromatic heterocycles. The molecule has 0 saturated heterocycles. The number of furan rings is 2. The summed E-state index contributed by atoms with van der Waals surface area (Å²) in [5.41, 5.74) is 6.25. The second-order valence-electron chi connectivity index (χ2n) is 11.2. The molecule has 204 valence electrons. The Hall–Kier alpha value is -6.07. The minimum absolute atomic E-state index is 0.614. The molecule has 0 radical (unpaired) electrons. The van der Waals surface area contributed by atoms with E-state index in [0.29, 0.717) is 17.5 Å². The van der Waals surface area contributed by atoms with Gasteiger partial charge in [-0.2, -0.15) is 0 Å². The fraction of sp³-hybridized carbons (Fsp3) is 0. The van der Waals surface area contributed by atoms with Crippen LogP contribution in [0.1, 0.15) is 0 Å². The normalized spacial score (nSPS) is 12.1. The lowest BCUT2D eigenvalue weighted by Crippen LogP contribution is -2.00. The third kappa shape index (κ3) is 3.26. The van der Waals surface area contributed by atoms with Gasteiger partial charge < -0.3 is 8.83 Å². The van der Waals surface area contributed by atoms with Gasteiger partial charge in [-0.3, -0.25) is 0 Å². The van der Waals surface area contributed by atoms with Crippen LogP contribution in [0.3, 0.4) is 0 Å². The molecule has 7 aromatic carbocycles. The second kappa shape index (κ2) is 8.72. The van der Waals surface area contributed by atoms with E-state index in [9.17, 15) is 0 Å². The molecule has 5 nitrogen and oxygen atoms in total. The smallest absolute Gasteiger partial charge is 0.164 e. The molecule has 5 heteroatoms. The molecule has 0 atom stereocenters. The predicted octanol–water partition coefficient (Wildman–Crippen LogP) is 10.4. The first-order chi connectivity index (χ1) is 21.8. The molecular formula is C39H21N3O2. The van der Waals surface area contributed by atoms with Crippen molar-refractivity contribution in [2.75, 3.05) is 0 Å². The molecule has 0 fully saturated rings.